The van der Waals surface area contributed by atoms with E-state index in [4.69, 9.17) is 13.9 Å². The number of hydrogen-bond acceptors (Lipinski definition) is 6. The summed E-state index contributed by atoms with van der Waals surface area (Å²) < 4.78 is 16.4. The summed E-state index contributed by atoms with van der Waals surface area (Å²) in [5, 5.41) is 1.20. The van der Waals surface area contributed by atoms with Crippen LogP contribution in [0.4, 0.5) is 0 Å². The molecule has 136 valence electrons. The van der Waals surface area contributed by atoms with E-state index in [-0.39, 0.29) is 0 Å². The van der Waals surface area contributed by atoms with Crippen LogP contribution >= 0.6 is 0 Å². The topological polar surface area (TPSA) is 60.6 Å². The number of furan rings is 1. The van der Waals surface area contributed by atoms with Crippen molar-refractivity contribution in [2.45, 2.75) is 13.0 Å². The number of nitrogens with zero attached hydrogens (tertiary/aromatic N) is 3. The number of benzene rings is 1. The van der Waals surface area contributed by atoms with Gasteiger partial charge in [-0.25, -0.2) is 9.97 Å². The summed E-state index contributed by atoms with van der Waals surface area (Å²) in [5.41, 5.74) is 3.35. The van der Waals surface area contributed by atoms with Gasteiger partial charge < -0.3 is 13.9 Å². The van der Waals surface area contributed by atoms with Crippen LogP contribution in [-0.2, 0) is 17.7 Å². The molecule has 0 amide bonds. The third-order valence-electron chi connectivity index (χ3n) is 4.79. The molecule has 1 aromatic carbocycles. The molecule has 1 aliphatic rings. The highest BCUT2D eigenvalue weighted by molar-refractivity contribution is 5.80. The zero-order chi connectivity index (χ0) is 17.8. The minimum atomic E-state index is 0.402. The first kappa shape index (κ1) is 17.0. The first-order chi connectivity index (χ1) is 12.8. The first-order valence-electron chi connectivity index (χ1n) is 8.92. The largest absolute Gasteiger partial charge is 0.467 e. The van der Waals surface area contributed by atoms with Crippen LogP contribution in [0.5, 0.6) is 6.01 Å². The zero-order valence-electron chi connectivity index (χ0n) is 14.9. The molecule has 0 saturated carbocycles. The average Bonchev–Trinajstić information content (AvgIpc) is 3.05. The maximum atomic E-state index is 5.86. The van der Waals surface area contributed by atoms with Crippen molar-refractivity contribution in [2.75, 3.05) is 33.4 Å². The second-order valence-electron chi connectivity index (χ2n) is 6.71. The van der Waals surface area contributed by atoms with Crippen molar-refractivity contribution in [3.8, 4) is 6.01 Å². The third-order valence-corrected chi connectivity index (χ3v) is 4.79. The molecule has 2 aromatic heterocycles. The molecule has 1 aliphatic heterocycles. The molecule has 26 heavy (non-hydrogen) atoms. The van der Waals surface area contributed by atoms with Crippen LogP contribution in [0.2, 0.25) is 0 Å². The van der Waals surface area contributed by atoms with Crippen LogP contribution in [-0.4, -0.2) is 48.3 Å². The number of methoxy groups -OCH3 is 1. The van der Waals surface area contributed by atoms with Gasteiger partial charge in [-0.2, -0.15) is 0 Å². The molecular weight excluding hydrogens is 330 g/mol. The maximum Gasteiger partial charge on any atom is 0.316 e. The Morgan fingerprint density at radius 1 is 1.23 bits per heavy atom. The van der Waals surface area contributed by atoms with Crippen LogP contribution < -0.4 is 4.74 Å². The molecule has 0 spiro atoms. The lowest BCUT2D eigenvalue weighted by Crippen LogP contribution is -2.30. The van der Waals surface area contributed by atoms with Crippen molar-refractivity contribution in [1.29, 1.82) is 0 Å². The van der Waals surface area contributed by atoms with E-state index in [9.17, 15) is 0 Å². The molecular formula is C20H23N3O3. The summed E-state index contributed by atoms with van der Waals surface area (Å²) in [5.74, 6) is 0.442. The van der Waals surface area contributed by atoms with E-state index >= 15 is 0 Å². The van der Waals surface area contributed by atoms with E-state index in [2.05, 4.69) is 33.1 Å². The SMILES string of the molecule is COc1ncc(CN2CCOC[C@H](Cc3cccc4occc34)C2)cn1. The molecule has 0 bridgehead atoms. The van der Waals surface area contributed by atoms with E-state index in [1.54, 1.807) is 13.4 Å². The number of fused-ring (bicyclic) bond motifs is 1. The van der Waals surface area contributed by atoms with Gasteiger partial charge in [-0.15, -0.1) is 0 Å². The highest BCUT2D eigenvalue weighted by atomic mass is 16.5. The number of ether oxygens (including phenoxy) is 2. The van der Waals surface area contributed by atoms with Crippen molar-refractivity contribution in [3.63, 3.8) is 0 Å². The Balaban J connectivity index is 1.44. The van der Waals surface area contributed by atoms with Gasteiger partial charge in [0.1, 0.15) is 5.58 Å². The standard InChI is InChI=1S/C20H23N3O3/c1-24-20-21-10-16(11-22-20)13-23-6-8-25-14-15(12-23)9-17-3-2-4-19-18(17)5-7-26-19/h2-5,7,10-11,15H,6,8-9,12-14H2,1H3/t15-/m1/s1. The number of hydrogen-bond donors (Lipinski definition) is 0. The summed E-state index contributed by atoms with van der Waals surface area (Å²) in [4.78, 5) is 10.8. The second kappa shape index (κ2) is 7.85. The maximum absolute atomic E-state index is 5.86. The van der Waals surface area contributed by atoms with Crippen LogP contribution in [0.15, 0.2) is 47.3 Å². The Hall–Kier alpha value is -2.44. The molecule has 1 atom stereocenters. The van der Waals surface area contributed by atoms with E-state index < -0.39 is 0 Å². The van der Waals surface area contributed by atoms with Gasteiger partial charge in [-0.1, -0.05) is 12.1 Å². The van der Waals surface area contributed by atoms with Crippen molar-refractivity contribution in [1.82, 2.24) is 14.9 Å². The van der Waals surface area contributed by atoms with Crippen LogP contribution in [0.1, 0.15) is 11.1 Å². The molecule has 3 aromatic rings. The minimum Gasteiger partial charge on any atom is -0.467 e. The highest BCUT2D eigenvalue weighted by Crippen LogP contribution is 2.24. The van der Waals surface area contributed by atoms with Crippen molar-refractivity contribution >= 4 is 11.0 Å². The van der Waals surface area contributed by atoms with Gasteiger partial charge in [0.15, 0.2) is 0 Å². The summed E-state index contributed by atoms with van der Waals surface area (Å²) >= 11 is 0. The Labute approximate surface area is 152 Å². The van der Waals surface area contributed by atoms with Crippen molar-refractivity contribution in [2.24, 2.45) is 5.92 Å². The van der Waals surface area contributed by atoms with Gasteiger partial charge in [-0.05, 0) is 30.0 Å². The van der Waals surface area contributed by atoms with Crippen molar-refractivity contribution < 1.29 is 13.9 Å². The zero-order valence-corrected chi connectivity index (χ0v) is 14.9. The minimum absolute atomic E-state index is 0.402. The fourth-order valence-electron chi connectivity index (χ4n) is 3.55. The predicted octanol–water partition coefficient (Wildman–Crippen LogP) is 2.92. The lowest BCUT2D eigenvalue weighted by Gasteiger charge is -2.23. The summed E-state index contributed by atoms with van der Waals surface area (Å²) in [6, 6.07) is 8.71. The van der Waals surface area contributed by atoms with E-state index in [0.717, 1.165) is 50.4 Å². The molecule has 6 heteroatoms. The molecule has 0 aliphatic carbocycles. The lowest BCUT2D eigenvalue weighted by atomic mass is 9.97. The molecule has 6 nitrogen and oxygen atoms in total. The average molecular weight is 353 g/mol. The number of aromatic nitrogens is 2. The van der Waals surface area contributed by atoms with Crippen molar-refractivity contribution in [3.05, 3.63) is 54.0 Å². The molecule has 4 rings (SSSR count). The molecule has 0 N–H and O–H groups in total. The molecule has 1 fully saturated rings. The summed E-state index contributed by atoms with van der Waals surface area (Å²) in [6.45, 7) is 4.26. The quantitative estimate of drug-likeness (QED) is 0.703. The predicted molar refractivity (Wildman–Crippen MR) is 98.1 cm³/mol. The fourth-order valence-corrected chi connectivity index (χ4v) is 3.55. The highest BCUT2D eigenvalue weighted by Gasteiger charge is 2.20. The first-order valence-corrected chi connectivity index (χ1v) is 8.92. The molecule has 0 radical (unpaired) electrons. The Morgan fingerprint density at radius 2 is 2.12 bits per heavy atom. The van der Waals surface area contributed by atoms with Gasteiger partial charge in [0.2, 0.25) is 0 Å². The van der Waals surface area contributed by atoms with Gasteiger partial charge in [0, 0.05) is 43.0 Å². The van der Waals surface area contributed by atoms with Crippen LogP contribution in [0.3, 0.4) is 0 Å². The van der Waals surface area contributed by atoms with Gasteiger partial charge in [0.05, 0.1) is 26.6 Å². The second-order valence-corrected chi connectivity index (χ2v) is 6.71. The normalized spacial score (nSPS) is 18.7. The monoisotopic (exact) mass is 353 g/mol. The Kier molecular flexibility index (Phi) is 5.13. The van der Waals surface area contributed by atoms with Gasteiger partial charge >= 0.3 is 6.01 Å². The molecule has 3 heterocycles. The van der Waals surface area contributed by atoms with Gasteiger partial charge in [0.25, 0.3) is 0 Å². The van der Waals surface area contributed by atoms with E-state index in [1.165, 1.54) is 10.9 Å². The van der Waals surface area contributed by atoms with E-state index in [0.29, 0.717) is 11.9 Å². The molecule has 1 saturated heterocycles. The molecule has 0 unspecified atom stereocenters. The smallest absolute Gasteiger partial charge is 0.316 e. The number of rotatable bonds is 5. The summed E-state index contributed by atoms with van der Waals surface area (Å²) in [7, 11) is 1.58. The summed E-state index contributed by atoms with van der Waals surface area (Å²) in [6.07, 6.45) is 6.40. The van der Waals surface area contributed by atoms with E-state index in [1.807, 2.05) is 18.5 Å². The Bertz CT molecular complexity index is 847. The van der Waals surface area contributed by atoms with Crippen LogP contribution in [0.25, 0.3) is 11.0 Å². The third kappa shape index (κ3) is 3.86. The Morgan fingerprint density at radius 3 is 2.96 bits per heavy atom. The van der Waals surface area contributed by atoms with Crippen LogP contribution in [0, 0.1) is 5.92 Å². The fraction of sp³-hybridized carbons (Fsp3) is 0.400. The van der Waals surface area contributed by atoms with Gasteiger partial charge in [-0.3, -0.25) is 4.90 Å². The lowest BCUT2D eigenvalue weighted by molar-refractivity contribution is 0.122.